The summed E-state index contributed by atoms with van der Waals surface area (Å²) < 4.78 is 12.2. The van der Waals surface area contributed by atoms with E-state index >= 15 is 0 Å². The second-order valence-electron chi connectivity index (χ2n) is 7.38. The Morgan fingerprint density at radius 2 is 1.84 bits per heavy atom. The SMILES string of the molecule is CC1Oc2ccc(NC(=O)c3ccccc3Br)cc2N(CCCOc2ccccc2)C1=O. The number of rotatable bonds is 7. The van der Waals surface area contributed by atoms with Crippen molar-refractivity contribution in [1.29, 1.82) is 0 Å². The van der Waals surface area contributed by atoms with Gasteiger partial charge in [-0.3, -0.25) is 9.59 Å². The lowest BCUT2D eigenvalue weighted by Gasteiger charge is -2.33. The summed E-state index contributed by atoms with van der Waals surface area (Å²) in [6, 6.07) is 22.1. The Morgan fingerprint density at radius 3 is 2.62 bits per heavy atom. The van der Waals surface area contributed by atoms with Crippen molar-refractivity contribution in [1.82, 2.24) is 0 Å². The molecule has 6 nitrogen and oxygen atoms in total. The van der Waals surface area contributed by atoms with Gasteiger partial charge in [-0.15, -0.1) is 0 Å². The summed E-state index contributed by atoms with van der Waals surface area (Å²) in [5.74, 6) is 1.05. The molecule has 1 N–H and O–H groups in total. The predicted octanol–water partition coefficient (Wildman–Crippen LogP) is 5.28. The van der Waals surface area contributed by atoms with Crippen LogP contribution in [0, 0.1) is 0 Å². The summed E-state index contributed by atoms with van der Waals surface area (Å²) in [6.45, 7) is 2.70. The molecule has 7 heteroatoms. The van der Waals surface area contributed by atoms with Gasteiger partial charge in [0.1, 0.15) is 11.5 Å². The van der Waals surface area contributed by atoms with E-state index in [0.29, 0.717) is 46.7 Å². The highest BCUT2D eigenvalue weighted by atomic mass is 79.9. The number of nitrogens with zero attached hydrogens (tertiary/aromatic N) is 1. The molecule has 1 unspecified atom stereocenters. The molecule has 1 heterocycles. The molecule has 0 aliphatic carbocycles. The van der Waals surface area contributed by atoms with Crippen LogP contribution in [0.1, 0.15) is 23.7 Å². The van der Waals surface area contributed by atoms with Crippen LogP contribution < -0.4 is 19.7 Å². The van der Waals surface area contributed by atoms with Gasteiger partial charge in [0.25, 0.3) is 11.8 Å². The van der Waals surface area contributed by atoms with E-state index in [1.807, 2.05) is 42.5 Å². The maximum Gasteiger partial charge on any atom is 0.267 e. The van der Waals surface area contributed by atoms with Crippen molar-refractivity contribution in [2.75, 3.05) is 23.4 Å². The van der Waals surface area contributed by atoms with Gasteiger partial charge in [0.2, 0.25) is 0 Å². The third-order valence-electron chi connectivity index (χ3n) is 5.08. The third kappa shape index (κ3) is 4.94. The normalized spacial score (nSPS) is 15.0. The minimum atomic E-state index is -0.571. The van der Waals surface area contributed by atoms with Gasteiger partial charge in [-0.1, -0.05) is 30.3 Å². The molecule has 0 saturated carbocycles. The summed E-state index contributed by atoms with van der Waals surface area (Å²) in [5, 5.41) is 2.90. The fourth-order valence-corrected chi connectivity index (χ4v) is 3.95. The molecule has 0 aromatic heterocycles. The average molecular weight is 495 g/mol. The molecular weight excluding hydrogens is 472 g/mol. The number of carbonyl (C=O) groups excluding carboxylic acids is 2. The first kappa shape index (κ1) is 21.9. The second kappa shape index (κ2) is 9.87. The Kier molecular flexibility index (Phi) is 6.75. The topological polar surface area (TPSA) is 67.9 Å². The van der Waals surface area contributed by atoms with Crippen molar-refractivity contribution >= 4 is 39.1 Å². The van der Waals surface area contributed by atoms with Crippen LogP contribution in [-0.2, 0) is 4.79 Å². The van der Waals surface area contributed by atoms with Crippen molar-refractivity contribution in [3.05, 3.63) is 82.8 Å². The number of carbonyl (C=O) groups is 2. The molecule has 3 aromatic rings. The maximum atomic E-state index is 12.8. The van der Waals surface area contributed by atoms with Gasteiger partial charge in [-0.2, -0.15) is 0 Å². The van der Waals surface area contributed by atoms with E-state index in [-0.39, 0.29) is 11.8 Å². The van der Waals surface area contributed by atoms with Crippen LogP contribution in [0.2, 0.25) is 0 Å². The van der Waals surface area contributed by atoms with Gasteiger partial charge in [0.05, 0.1) is 17.9 Å². The molecule has 1 atom stereocenters. The van der Waals surface area contributed by atoms with E-state index in [1.54, 1.807) is 42.2 Å². The summed E-state index contributed by atoms with van der Waals surface area (Å²) >= 11 is 3.40. The first-order valence-electron chi connectivity index (χ1n) is 10.4. The number of ether oxygens (including phenoxy) is 2. The van der Waals surface area contributed by atoms with Crippen LogP contribution in [-0.4, -0.2) is 31.1 Å². The van der Waals surface area contributed by atoms with Crippen LogP contribution in [0.4, 0.5) is 11.4 Å². The largest absolute Gasteiger partial charge is 0.494 e. The molecule has 4 rings (SSSR count). The maximum absolute atomic E-state index is 12.8. The Bertz CT molecular complexity index is 1120. The summed E-state index contributed by atoms with van der Waals surface area (Å²) in [6.07, 6.45) is 0.0821. The highest BCUT2D eigenvalue weighted by Gasteiger charge is 2.31. The molecule has 3 aromatic carbocycles. The number of halogens is 1. The smallest absolute Gasteiger partial charge is 0.267 e. The number of fused-ring (bicyclic) bond motifs is 1. The zero-order valence-electron chi connectivity index (χ0n) is 17.6. The molecule has 1 aliphatic heterocycles. The molecule has 0 saturated heterocycles. The number of nitrogens with one attached hydrogen (secondary N) is 1. The van der Waals surface area contributed by atoms with E-state index in [0.717, 1.165) is 5.75 Å². The van der Waals surface area contributed by atoms with Crippen LogP contribution >= 0.6 is 15.9 Å². The number of para-hydroxylation sites is 1. The van der Waals surface area contributed by atoms with Gasteiger partial charge in [0, 0.05) is 16.7 Å². The quantitative estimate of drug-likeness (QED) is 0.453. The molecule has 164 valence electrons. The zero-order chi connectivity index (χ0) is 22.5. The van der Waals surface area contributed by atoms with Crippen molar-refractivity contribution in [3.8, 4) is 11.5 Å². The average Bonchev–Trinajstić information content (AvgIpc) is 2.80. The van der Waals surface area contributed by atoms with Gasteiger partial charge < -0.3 is 19.7 Å². The number of benzene rings is 3. The molecule has 0 bridgehead atoms. The molecule has 0 spiro atoms. The van der Waals surface area contributed by atoms with Crippen molar-refractivity contribution in [3.63, 3.8) is 0 Å². The lowest BCUT2D eigenvalue weighted by atomic mass is 10.1. The minimum Gasteiger partial charge on any atom is -0.494 e. The van der Waals surface area contributed by atoms with E-state index in [9.17, 15) is 9.59 Å². The van der Waals surface area contributed by atoms with Crippen LogP contribution in [0.25, 0.3) is 0 Å². The predicted molar refractivity (Wildman–Crippen MR) is 128 cm³/mol. The lowest BCUT2D eigenvalue weighted by molar-refractivity contribution is -0.125. The van der Waals surface area contributed by atoms with Crippen molar-refractivity contribution < 1.29 is 19.1 Å². The molecular formula is C25H23BrN2O4. The van der Waals surface area contributed by atoms with Gasteiger partial charge >= 0.3 is 0 Å². The van der Waals surface area contributed by atoms with Gasteiger partial charge in [-0.05, 0) is 71.7 Å². The monoisotopic (exact) mass is 494 g/mol. The Hall–Kier alpha value is -3.32. The van der Waals surface area contributed by atoms with E-state index < -0.39 is 6.10 Å². The second-order valence-corrected chi connectivity index (χ2v) is 8.24. The Morgan fingerprint density at radius 1 is 1.09 bits per heavy atom. The fraction of sp³-hybridized carbons (Fsp3) is 0.200. The Balaban J connectivity index is 1.47. The van der Waals surface area contributed by atoms with Crippen LogP contribution in [0.5, 0.6) is 11.5 Å². The number of hydrogen-bond donors (Lipinski definition) is 1. The first-order chi connectivity index (χ1) is 15.5. The highest BCUT2D eigenvalue weighted by Crippen LogP contribution is 2.36. The standard InChI is InChI=1S/C25H23BrN2O4/c1-17-25(30)28(14-7-15-31-19-8-3-2-4-9-19)22-16-18(12-13-23(22)32-17)27-24(29)20-10-5-6-11-21(20)26/h2-6,8-13,16-17H,7,14-15H2,1H3,(H,27,29). The highest BCUT2D eigenvalue weighted by molar-refractivity contribution is 9.10. The third-order valence-corrected chi connectivity index (χ3v) is 5.77. The van der Waals surface area contributed by atoms with Crippen LogP contribution in [0.15, 0.2) is 77.3 Å². The van der Waals surface area contributed by atoms with Gasteiger partial charge in [-0.25, -0.2) is 0 Å². The van der Waals surface area contributed by atoms with E-state index in [1.165, 1.54) is 0 Å². The fourth-order valence-electron chi connectivity index (χ4n) is 3.49. The Labute approximate surface area is 195 Å². The first-order valence-corrected chi connectivity index (χ1v) is 11.2. The zero-order valence-corrected chi connectivity index (χ0v) is 19.2. The summed E-state index contributed by atoms with van der Waals surface area (Å²) in [5.41, 5.74) is 1.75. The molecule has 2 amide bonds. The van der Waals surface area contributed by atoms with Gasteiger partial charge in [0.15, 0.2) is 6.10 Å². The van der Waals surface area contributed by atoms with Crippen LogP contribution in [0.3, 0.4) is 0 Å². The van der Waals surface area contributed by atoms with E-state index in [4.69, 9.17) is 9.47 Å². The molecule has 0 radical (unpaired) electrons. The summed E-state index contributed by atoms with van der Waals surface area (Å²) in [7, 11) is 0. The van der Waals surface area contributed by atoms with E-state index in [2.05, 4.69) is 21.2 Å². The minimum absolute atomic E-state index is 0.119. The number of anilines is 2. The lowest BCUT2D eigenvalue weighted by Crippen LogP contribution is -2.45. The number of amides is 2. The molecule has 0 fully saturated rings. The number of hydrogen-bond acceptors (Lipinski definition) is 4. The van der Waals surface area contributed by atoms with Crippen molar-refractivity contribution in [2.24, 2.45) is 0 Å². The molecule has 1 aliphatic rings. The molecule has 32 heavy (non-hydrogen) atoms. The van der Waals surface area contributed by atoms with Crippen molar-refractivity contribution in [2.45, 2.75) is 19.4 Å². The summed E-state index contributed by atoms with van der Waals surface area (Å²) in [4.78, 5) is 27.2.